The van der Waals surface area contributed by atoms with Crippen molar-refractivity contribution in [3.63, 3.8) is 0 Å². The van der Waals surface area contributed by atoms with Crippen molar-refractivity contribution in [3.8, 4) is 0 Å². The Hall–Kier alpha value is -2.47. The highest BCUT2D eigenvalue weighted by molar-refractivity contribution is 6.02. The predicted octanol–water partition coefficient (Wildman–Crippen LogP) is -2.38. The van der Waals surface area contributed by atoms with Gasteiger partial charge in [0.25, 0.3) is 5.56 Å². The van der Waals surface area contributed by atoms with Gasteiger partial charge in [0.05, 0.1) is 17.6 Å². The maximum absolute atomic E-state index is 12.0. The fourth-order valence-corrected chi connectivity index (χ4v) is 2.64. The molecule has 7 N–H and O–H groups in total. The van der Waals surface area contributed by atoms with E-state index in [0.717, 1.165) is 10.8 Å². The number of nitrogen functional groups attached to an aromatic ring is 1. The molecule has 3 heterocycles. The molecule has 0 amide bonds. The Morgan fingerprint density at radius 1 is 1.43 bits per heavy atom. The van der Waals surface area contributed by atoms with Crippen LogP contribution in [-0.2, 0) is 4.74 Å². The molecule has 124 valence electrons. The fourth-order valence-electron chi connectivity index (χ4n) is 2.64. The minimum absolute atomic E-state index is 0.113. The molecular weight excluding hydrogens is 312 g/mol. The third-order valence-electron chi connectivity index (χ3n) is 3.72. The molecule has 0 aromatic carbocycles. The van der Waals surface area contributed by atoms with Gasteiger partial charge in [0.2, 0.25) is 5.95 Å². The lowest BCUT2D eigenvalue weighted by Gasteiger charge is -2.17. The average molecular weight is 326 g/mol. The van der Waals surface area contributed by atoms with Crippen LogP contribution in [0, 0.1) is 0 Å². The first-order valence-electron chi connectivity index (χ1n) is 6.61. The van der Waals surface area contributed by atoms with Gasteiger partial charge in [-0.25, -0.2) is 4.79 Å². The Bertz CT molecular complexity index is 829. The van der Waals surface area contributed by atoms with Gasteiger partial charge in [0.15, 0.2) is 11.9 Å². The number of rotatable bonds is 3. The first-order valence-corrected chi connectivity index (χ1v) is 6.61. The van der Waals surface area contributed by atoms with E-state index in [-0.39, 0.29) is 22.5 Å². The van der Waals surface area contributed by atoms with Gasteiger partial charge >= 0.3 is 5.97 Å². The molecule has 11 nitrogen and oxygen atoms in total. The van der Waals surface area contributed by atoms with Gasteiger partial charge in [0.1, 0.15) is 18.3 Å². The number of carboxylic acids is 1. The van der Waals surface area contributed by atoms with Crippen molar-refractivity contribution in [2.24, 2.45) is 0 Å². The number of aromatic carboxylic acids is 1. The number of carbonyl (C=O) groups is 1. The second-order valence-corrected chi connectivity index (χ2v) is 5.13. The number of hydrogen-bond acceptors (Lipinski definition) is 8. The number of anilines is 1. The number of nitrogens with one attached hydrogen (secondary N) is 1. The molecule has 1 aliphatic heterocycles. The van der Waals surface area contributed by atoms with Gasteiger partial charge in [-0.1, -0.05) is 0 Å². The Kier molecular flexibility index (Phi) is 3.56. The third kappa shape index (κ3) is 2.26. The molecular formula is C12H14N4O7. The molecule has 1 saturated heterocycles. The number of aromatic amines is 1. The van der Waals surface area contributed by atoms with Gasteiger partial charge in [0, 0.05) is 6.20 Å². The van der Waals surface area contributed by atoms with Crippen molar-refractivity contribution in [1.82, 2.24) is 14.5 Å². The SMILES string of the molecule is Nc1nc2c(c(C(=O)O)cn2[C@@H]2O[C@H](CO)C(O)C2O)c(=O)[nH]1. The zero-order valence-electron chi connectivity index (χ0n) is 11.6. The fraction of sp³-hybridized carbons (Fsp3) is 0.417. The van der Waals surface area contributed by atoms with Gasteiger partial charge in [-0.15, -0.1) is 0 Å². The van der Waals surface area contributed by atoms with Gasteiger partial charge < -0.3 is 35.5 Å². The van der Waals surface area contributed by atoms with E-state index in [9.17, 15) is 24.9 Å². The molecule has 0 saturated carbocycles. The molecule has 1 fully saturated rings. The number of fused-ring (bicyclic) bond motifs is 1. The molecule has 0 bridgehead atoms. The molecule has 0 spiro atoms. The van der Waals surface area contributed by atoms with E-state index < -0.39 is 42.7 Å². The molecule has 2 aromatic heterocycles. The number of aliphatic hydroxyl groups is 3. The lowest BCUT2D eigenvalue weighted by molar-refractivity contribution is -0.0509. The van der Waals surface area contributed by atoms with Crippen LogP contribution in [0.5, 0.6) is 0 Å². The van der Waals surface area contributed by atoms with E-state index >= 15 is 0 Å². The number of nitrogens with two attached hydrogens (primary N) is 1. The van der Waals surface area contributed by atoms with E-state index in [2.05, 4.69) is 9.97 Å². The predicted molar refractivity (Wildman–Crippen MR) is 74.7 cm³/mol. The number of carboxylic acid groups (broad SMARTS) is 1. The molecule has 2 unspecified atom stereocenters. The van der Waals surface area contributed by atoms with Crippen molar-refractivity contribution in [1.29, 1.82) is 0 Å². The lowest BCUT2D eigenvalue weighted by atomic mass is 10.1. The maximum atomic E-state index is 12.0. The van der Waals surface area contributed by atoms with Crippen LogP contribution in [0.2, 0.25) is 0 Å². The summed E-state index contributed by atoms with van der Waals surface area (Å²) >= 11 is 0. The second kappa shape index (κ2) is 5.31. The Morgan fingerprint density at radius 3 is 2.70 bits per heavy atom. The molecule has 4 atom stereocenters. The summed E-state index contributed by atoms with van der Waals surface area (Å²) in [4.78, 5) is 29.4. The zero-order valence-corrected chi connectivity index (χ0v) is 11.6. The van der Waals surface area contributed by atoms with Crippen LogP contribution in [0.4, 0.5) is 5.95 Å². The van der Waals surface area contributed by atoms with Crippen LogP contribution < -0.4 is 11.3 Å². The number of ether oxygens (including phenoxy) is 1. The zero-order chi connectivity index (χ0) is 16.9. The summed E-state index contributed by atoms with van der Waals surface area (Å²) in [6, 6.07) is 0. The summed E-state index contributed by atoms with van der Waals surface area (Å²) < 4.78 is 6.43. The summed E-state index contributed by atoms with van der Waals surface area (Å²) in [5.41, 5.74) is 4.25. The highest BCUT2D eigenvalue weighted by Crippen LogP contribution is 2.32. The highest BCUT2D eigenvalue weighted by atomic mass is 16.6. The van der Waals surface area contributed by atoms with Crippen molar-refractivity contribution >= 4 is 23.0 Å². The number of aromatic nitrogens is 3. The molecule has 11 heteroatoms. The Morgan fingerprint density at radius 2 is 2.13 bits per heavy atom. The number of H-pyrrole nitrogens is 1. The van der Waals surface area contributed by atoms with E-state index in [1.165, 1.54) is 0 Å². The summed E-state index contributed by atoms with van der Waals surface area (Å²) in [5, 5.41) is 38.0. The van der Waals surface area contributed by atoms with Gasteiger partial charge in [-0.05, 0) is 0 Å². The van der Waals surface area contributed by atoms with E-state index in [4.69, 9.17) is 15.6 Å². The third-order valence-corrected chi connectivity index (χ3v) is 3.72. The van der Waals surface area contributed by atoms with E-state index in [1.54, 1.807) is 0 Å². The largest absolute Gasteiger partial charge is 0.478 e. The minimum Gasteiger partial charge on any atom is -0.478 e. The van der Waals surface area contributed by atoms with Crippen molar-refractivity contribution in [2.75, 3.05) is 12.3 Å². The van der Waals surface area contributed by atoms with Gasteiger partial charge in [-0.2, -0.15) is 4.98 Å². The normalized spacial score (nSPS) is 27.6. The molecule has 2 aromatic rings. The molecule has 0 aliphatic carbocycles. The van der Waals surface area contributed by atoms with Crippen LogP contribution in [-0.4, -0.2) is 65.8 Å². The summed E-state index contributed by atoms with van der Waals surface area (Å²) in [7, 11) is 0. The monoisotopic (exact) mass is 326 g/mol. The second-order valence-electron chi connectivity index (χ2n) is 5.13. The quantitative estimate of drug-likeness (QED) is 0.358. The summed E-state index contributed by atoms with van der Waals surface area (Å²) in [6.07, 6.45) is -4.05. The topological polar surface area (TPSA) is 184 Å². The smallest absolute Gasteiger partial charge is 0.338 e. The Balaban J connectivity index is 2.23. The standard InChI is InChI=1S/C12H14N4O7/c13-12-14-8-5(9(20)15-12)3(11(21)22)1-16(8)10-7(19)6(18)4(2-17)23-10/h1,4,6-7,10,17-19H,2H2,(H,21,22)(H3,13,14,15,20)/t4-,6?,7?,10-/m1/s1. The molecule has 23 heavy (non-hydrogen) atoms. The summed E-state index contributed by atoms with van der Waals surface area (Å²) in [6.45, 7) is -0.546. The van der Waals surface area contributed by atoms with E-state index in [1.807, 2.05) is 0 Å². The van der Waals surface area contributed by atoms with E-state index in [0.29, 0.717) is 0 Å². The minimum atomic E-state index is -1.45. The van der Waals surface area contributed by atoms with Crippen molar-refractivity contribution < 1.29 is 30.0 Å². The molecule has 1 aliphatic rings. The van der Waals surface area contributed by atoms with Crippen LogP contribution in [0.3, 0.4) is 0 Å². The highest BCUT2D eigenvalue weighted by Gasteiger charge is 2.44. The van der Waals surface area contributed by atoms with Crippen LogP contribution in [0.25, 0.3) is 11.0 Å². The number of aliphatic hydroxyl groups excluding tert-OH is 3. The number of hydrogen-bond donors (Lipinski definition) is 6. The first kappa shape index (κ1) is 15.4. The van der Waals surface area contributed by atoms with Crippen molar-refractivity contribution in [2.45, 2.75) is 24.5 Å². The first-order chi connectivity index (χ1) is 10.8. The summed E-state index contributed by atoms with van der Waals surface area (Å²) in [5.74, 6) is -1.62. The molecule has 3 rings (SSSR count). The van der Waals surface area contributed by atoms with Gasteiger partial charge in [-0.3, -0.25) is 9.78 Å². The number of nitrogens with zero attached hydrogens (tertiary/aromatic N) is 2. The van der Waals surface area contributed by atoms with Crippen LogP contribution in [0.15, 0.2) is 11.0 Å². The van der Waals surface area contributed by atoms with Crippen molar-refractivity contribution in [3.05, 3.63) is 22.1 Å². The lowest BCUT2D eigenvalue weighted by Crippen LogP contribution is -2.33. The van der Waals surface area contributed by atoms with Crippen LogP contribution >= 0.6 is 0 Å². The maximum Gasteiger partial charge on any atom is 0.338 e. The Labute approximate surface area is 127 Å². The van der Waals surface area contributed by atoms with Crippen LogP contribution in [0.1, 0.15) is 16.6 Å². The molecule has 0 radical (unpaired) electrons. The average Bonchev–Trinajstić information content (AvgIpc) is 2.99.